The van der Waals surface area contributed by atoms with Crippen LogP contribution in [0.4, 0.5) is 0 Å². The first-order valence-corrected chi connectivity index (χ1v) is 9.13. The Bertz CT molecular complexity index is 672. The monoisotopic (exact) mass is 357 g/mol. The smallest absolute Gasteiger partial charge is 0.251 e. The van der Waals surface area contributed by atoms with E-state index in [1.54, 1.807) is 13.1 Å². The van der Waals surface area contributed by atoms with Gasteiger partial charge in [0.15, 0.2) is 0 Å². The Morgan fingerprint density at radius 2 is 2.00 bits per heavy atom. The molecule has 1 fully saturated rings. The van der Waals surface area contributed by atoms with Gasteiger partial charge < -0.3 is 20.1 Å². The number of ether oxygens (including phenoxy) is 2. The van der Waals surface area contributed by atoms with Crippen LogP contribution < -0.4 is 15.4 Å². The van der Waals surface area contributed by atoms with Gasteiger partial charge in [-0.15, -0.1) is 0 Å². The highest BCUT2D eigenvalue weighted by Gasteiger charge is 2.30. The van der Waals surface area contributed by atoms with E-state index in [4.69, 9.17) is 9.47 Å². The molecule has 0 radical (unpaired) electrons. The van der Waals surface area contributed by atoms with Crippen molar-refractivity contribution in [1.82, 2.24) is 14.9 Å². The van der Waals surface area contributed by atoms with Crippen LogP contribution in [-0.4, -0.2) is 72.2 Å². The van der Waals surface area contributed by atoms with Crippen molar-refractivity contribution in [2.24, 2.45) is 0 Å². The van der Waals surface area contributed by atoms with Crippen molar-refractivity contribution in [3.8, 4) is 5.75 Å². The molecule has 2 rings (SSSR count). The van der Waals surface area contributed by atoms with Gasteiger partial charge in [-0.25, -0.2) is 8.42 Å². The summed E-state index contributed by atoms with van der Waals surface area (Å²) in [4.78, 5) is 12.2. The molecule has 0 saturated carbocycles. The summed E-state index contributed by atoms with van der Waals surface area (Å²) < 4.78 is 37.4. The number of benzene rings is 1. The van der Waals surface area contributed by atoms with Gasteiger partial charge in [-0.2, -0.15) is 4.31 Å². The first-order valence-electron chi connectivity index (χ1n) is 7.69. The van der Waals surface area contributed by atoms with Gasteiger partial charge in [0.2, 0.25) is 10.0 Å². The minimum absolute atomic E-state index is 0.00633. The summed E-state index contributed by atoms with van der Waals surface area (Å²) >= 11 is 0. The van der Waals surface area contributed by atoms with Gasteiger partial charge in [-0.05, 0) is 25.2 Å². The highest BCUT2D eigenvalue weighted by atomic mass is 32.2. The molecule has 1 aliphatic heterocycles. The average molecular weight is 357 g/mol. The van der Waals surface area contributed by atoms with E-state index in [0.29, 0.717) is 26.3 Å². The van der Waals surface area contributed by atoms with Crippen LogP contribution in [0.3, 0.4) is 0 Å². The number of sulfonamides is 1. The lowest BCUT2D eigenvalue weighted by Crippen LogP contribution is -2.40. The summed E-state index contributed by atoms with van der Waals surface area (Å²) in [5.41, 5.74) is 0.277. The molecule has 1 aromatic rings. The summed E-state index contributed by atoms with van der Waals surface area (Å²) in [6, 6.07) is 4.41. The van der Waals surface area contributed by atoms with E-state index >= 15 is 0 Å². The third-order valence-corrected chi connectivity index (χ3v) is 5.59. The number of amides is 1. The Labute approximate surface area is 142 Å². The Kier molecular flexibility index (Phi) is 6.55. The molecule has 1 heterocycles. The predicted molar refractivity (Wildman–Crippen MR) is 88.8 cm³/mol. The summed E-state index contributed by atoms with van der Waals surface area (Å²) in [5, 5.41) is 5.65. The maximum absolute atomic E-state index is 12.9. The van der Waals surface area contributed by atoms with E-state index in [9.17, 15) is 13.2 Å². The first kappa shape index (κ1) is 18.7. The van der Waals surface area contributed by atoms with E-state index < -0.39 is 10.0 Å². The van der Waals surface area contributed by atoms with Gasteiger partial charge in [0, 0.05) is 31.7 Å². The van der Waals surface area contributed by atoms with Gasteiger partial charge in [0.1, 0.15) is 10.6 Å². The molecule has 0 bridgehead atoms. The molecular weight excluding hydrogens is 334 g/mol. The number of likely N-dealkylation sites (N-methyl/N-ethyl adjacent to an activating group) is 1. The SMILES string of the molecule is CNCCNC(=O)c1ccc(OC)c(S(=O)(=O)N2CCOCC2)c1. The molecule has 8 nitrogen and oxygen atoms in total. The Hall–Kier alpha value is -1.68. The molecule has 1 aromatic carbocycles. The second-order valence-corrected chi connectivity index (χ2v) is 7.15. The molecule has 9 heteroatoms. The molecule has 1 amide bonds. The summed E-state index contributed by atoms with van der Waals surface area (Å²) in [7, 11) is -0.563. The van der Waals surface area contributed by atoms with E-state index in [1.165, 1.54) is 23.5 Å². The Morgan fingerprint density at radius 3 is 2.62 bits per heavy atom. The van der Waals surface area contributed by atoms with Gasteiger partial charge in [0.05, 0.1) is 20.3 Å². The fourth-order valence-electron chi connectivity index (χ4n) is 2.35. The molecule has 1 aliphatic rings. The maximum atomic E-state index is 12.9. The molecule has 134 valence electrons. The normalized spacial score (nSPS) is 15.9. The number of morpholine rings is 1. The number of methoxy groups -OCH3 is 1. The zero-order chi connectivity index (χ0) is 17.6. The summed E-state index contributed by atoms with van der Waals surface area (Å²) in [6.07, 6.45) is 0. The van der Waals surface area contributed by atoms with Gasteiger partial charge >= 0.3 is 0 Å². The number of carbonyl (C=O) groups excluding carboxylic acids is 1. The number of nitrogens with one attached hydrogen (secondary N) is 2. The third kappa shape index (κ3) is 4.23. The van der Waals surface area contributed by atoms with Crippen molar-refractivity contribution >= 4 is 15.9 Å². The standard InChI is InChI=1S/C15H23N3O5S/c1-16-5-6-17-15(19)12-3-4-13(22-2)14(11-12)24(20,21)18-7-9-23-10-8-18/h3-4,11,16H,5-10H2,1-2H3,(H,17,19). The largest absolute Gasteiger partial charge is 0.495 e. The molecule has 24 heavy (non-hydrogen) atoms. The van der Waals surface area contributed by atoms with Gasteiger partial charge in [0.25, 0.3) is 5.91 Å². The lowest BCUT2D eigenvalue weighted by atomic mass is 10.2. The second kappa shape index (κ2) is 8.43. The van der Waals surface area contributed by atoms with Crippen LogP contribution >= 0.6 is 0 Å². The fourth-order valence-corrected chi connectivity index (χ4v) is 3.94. The molecule has 0 spiro atoms. The minimum atomic E-state index is -3.75. The van der Waals surface area contributed by atoms with E-state index in [-0.39, 0.29) is 35.2 Å². The van der Waals surface area contributed by atoms with Gasteiger partial charge in [-0.3, -0.25) is 4.79 Å². The second-order valence-electron chi connectivity index (χ2n) is 5.24. The Balaban J connectivity index is 2.30. The third-order valence-electron chi connectivity index (χ3n) is 3.67. The van der Waals surface area contributed by atoms with Crippen molar-refractivity contribution in [1.29, 1.82) is 0 Å². The van der Waals surface area contributed by atoms with Gasteiger partial charge in [-0.1, -0.05) is 0 Å². The lowest BCUT2D eigenvalue weighted by molar-refractivity contribution is 0.0729. The molecule has 2 N–H and O–H groups in total. The minimum Gasteiger partial charge on any atom is -0.495 e. The van der Waals surface area contributed by atoms with Crippen molar-refractivity contribution < 1.29 is 22.7 Å². The predicted octanol–water partition coefficient (Wildman–Crippen LogP) is -0.335. The topological polar surface area (TPSA) is 97.0 Å². The molecule has 0 aromatic heterocycles. The van der Waals surface area contributed by atoms with Crippen LogP contribution in [-0.2, 0) is 14.8 Å². The summed E-state index contributed by atoms with van der Waals surface area (Å²) in [5.74, 6) is -0.111. The zero-order valence-corrected chi connectivity index (χ0v) is 14.7. The highest BCUT2D eigenvalue weighted by Crippen LogP contribution is 2.28. The van der Waals surface area contributed by atoms with Crippen molar-refractivity contribution in [2.45, 2.75) is 4.90 Å². The molecule has 0 aliphatic carbocycles. The fraction of sp³-hybridized carbons (Fsp3) is 0.533. The molecule has 1 saturated heterocycles. The number of nitrogens with zero attached hydrogens (tertiary/aromatic N) is 1. The van der Waals surface area contributed by atoms with Crippen LogP contribution in [0.25, 0.3) is 0 Å². The quantitative estimate of drug-likeness (QED) is 0.649. The van der Waals surface area contributed by atoms with Crippen molar-refractivity contribution in [2.75, 3.05) is 53.6 Å². The average Bonchev–Trinajstić information content (AvgIpc) is 2.62. The highest BCUT2D eigenvalue weighted by molar-refractivity contribution is 7.89. The molecular formula is C15H23N3O5S. The van der Waals surface area contributed by atoms with E-state index in [0.717, 1.165) is 0 Å². The molecule has 0 unspecified atom stereocenters. The molecule has 0 atom stereocenters. The van der Waals surface area contributed by atoms with E-state index in [2.05, 4.69) is 10.6 Å². The maximum Gasteiger partial charge on any atom is 0.251 e. The van der Waals surface area contributed by atoms with Crippen LogP contribution in [0.2, 0.25) is 0 Å². The first-order chi connectivity index (χ1) is 11.5. The number of carbonyl (C=O) groups is 1. The van der Waals surface area contributed by atoms with Crippen LogP contribution in [0, 0.1) is 0 Å². The van der Waals surface area contributed by atoms with Crippen LogP contribution in [0.15, 0.2) is 23.1 Å². The number of hydrogen-bond acceptors (Lipinski definition) is 6. The van der Waals surface area contributed by atoms with Crippen molar-refractivity contribution in [3.05, 3.63) is 23.8 Å². The lowest BCUT2D eigenvalue weighted by Gasteiger charge is -2.26. The van der Waals surface area contributed by atoms with E-state index in [1.807, 2.05) is 0 Å². The van der Waals surface area contributed by atoms with Crippen LogP contribution in [0.5, 0.6) is 5.75 Å². The number of hydrogen-bond donors (Lipinski definition) is 2. The summed E-state index contributed by atoms with van der Waals surface area (Å²) in [6.45, 7) is 2.35. The number of rotatable bonds is 7. The van der Waals surface area contributed by atoms with Crippen LogP contribution in [0.1, 0.15) is 10.4 Å². The Morgan fingerprint density at radius 1 is 1.29 bits per heavy atom. The van der Waals surface area contributed by atoms with Crippen molar-refractivity contribution in [3.63, 3.8) is 0 Å². The zero-order valence-electron chi connectivity index (χ0n) is 13.9.